The SMILES string of the molecule is [N-]=[N+]=NCCOC[C@H]1CCCN1. The van der Waals surface area contributed by atoms with Crippen LogP contribution < -0.4 is 5.32 Å². The molecular formula is C7H14N4O. The second-order valence-corrected chi connectivity index (χ2v) is 2.82. The molecular weight excluding hydrogens is 156 g/mol. The van der Waals surface area contributed by atoms with E-state index in [1.165, 1.54) is 12.8 Å². The smallest absolute Gasteiger partial charge is 0.0619 e. The Balaban J connectivity index is 1.91. The Labute approximate surface area is 71.7 Å². The van der Waals surface area contributed by atoms with Crippen molar-refractivity contribution < 1.29 is 4.74 Å². The molecule has 68 valence electrons. The van der Waals surface area contributed by atoms with Gasteiger partial charge in [0.2, 0.25) is 0 Å². The third-order valence-corrected chi connectivity index (χ3v) is 1.88. The Morgan fingerprint density at radius 1 is 1.67 bits per heavy atom. The van der Waals surface area contributed by atoms with Crippen LogP contribution in [0.3, 0.4) is 0 Å². The van der Waals surface area contributed by atoms with Gasteiger partial charge < -0.3 is 10.1 Å². The largest absolute Gasteiger partial charge is 0.380 e. The molecule has 5 heteroatoms. The number of ether oxygens (including phenoxy) is 1. The number of azide groups is 1. The standard InChI is InChI=1S/C7H14N4O/c8-11-10-4-5-12-6-7-2-1-3-9-7/h7,9H,1-6H2/t7-/m1/s1. The first-order chi connectivity index (χ1) is 5.93. The van der Waals surface area contributed by atoms with E-state index in [0.29, 0.717) is 19.2 Å². The normalized spacial score (nSPS) is 22.2. The fourth-order valence-corrected chi connectivity index (χ4v) is 1.27. The Hall–Kier alpha value is -0.770. The van der Waals surface area contributed by atoms with Crippen LogP contribution >= 0.6 is 0 Å². The van der Waals surface area contributed by atoms with Crippen molar-refractivity contribution in [3.8, 4) is 0 Å². The molecule has 1 aliphatic heterocycles. The van der Waals surface area contributed by atoms with Crippen molar-refractivity contribution in [2.75, 3.05) is 26.3 Å². The van der Waals surface area contributed by atoms with Gasteiger partial charge in [0, 0.05) is 17.5 Å². The van der Waals surface area contributed by atoms with Crippen LogP contribution in [0.25, 0.3) is 10.4 Å². The van der Waals surface area contributed by atoms with Crippen LogP contribution in [-0.2, 0) is 4.74 Å². The van der Waals surface area contributed by atoms with E-state index in [1.807, 2.05) is 0 Å². The first-order valence-corrected chi connectivity index (χ1v) is 4.25. The zero-order valence-corrected chi connectivity index (χ0v) is 7.07. The molecule has 5 nitrogen and oxygen atoms in total. The van der Waals surface area contributed by atoms with E-state index in [1.54, 1.807) is 0 Å². The summed E-state index contributed by atoms with van der Waals surface area (Å²) in [7, 11) is 0. The molecule has 1 aliphatic rings. The van der Waals surface area contributed by atoms with Crippen molar-refractivity contribution in [3.63, 3.8) is 0 Å². The maximum Gasteiger partial charge on any atom is 0.0619 e. The molecule has 0 amide bonds. The molecule has 12 heavy (non-hydrogen) atoms. The highest BCUT2D eigenvalue weighted by atomic mass is 16.5. The van der Waals surface area contributed by atoms with E-state index < -0.39 is 0 Å². The first-order valence-electron chi connectivity index (χ1n) is 4.25. The molecule has 0 spiro atoms. The first kappa shape index (κ1) is 9.32. The van der Waals surface area contributed by atoms with Gasteiger partial charge in [0.1, 0.15) is 0 Å². The van der Waals surface area contributed by atoms with E-state index in [-0.39, 0.29) is 0 Å². The van der Waals surface area contributed by atoms with E-state index in [0.717, 1.165) is 13.2 Å². The fourth-order valence-electron chi connectivity index (χ4n) is 1.27. The lowest BCUT2D eigenvalue weighted by Crippen LogP contribution is -2.27. The van der Waals surface area contributed by atoms with E-state index >= 15 is 0 Å². The van der Waals surface area contributed by atoms with Crippen LogP contribution in [-0.4, -0.2) is 32.3 Å². The van der Waals surface area contributed by atoms with E-state index in [2.05, 4.69) is 15.3 Å². The van der Waals surface area contributed by atoms with Crippen LogP contribution in [0.2, 0.25) is 0 Å². The zero-order valence-electron chi connectivity index (χ0n) is 7.07. The van der Waals surface area contributed by atoms with Gasteiger partial charge in [0.05, 0.1) is 13.2 Å². The molecule has 0 aromatic carbocycles. The predicted molar refractivity (Wildman–Crippen MR) is 45.9 cm³/mol. The maximum absolute atomic E-state index is 7.97. The van der Waals surface area contributed by atoms with Crippen LogP contribution in [0.4, 0.5) is 0 Å². The second-order valence-electron chi connectivity index (χ2n) is 2.82. The Bertz CT molecular complexity index is 161. The molecule has 0 aromatic rings. The van der Waals surface area contributed by atoms with Gasteiger partial charge in [-0.1, -0.05) is 5.11 Å². The predicted octanol–water partition coefficient (Wildman–Crippen LogP) is 1.07. The van der Waals surface area contributed by atoms with Gasteiger partial charge in [-0.25, -0.2) is 0 Å². The summed E-state index contributed by atoms with van der Waals surface area (Å²) in [6.45, 7) is 2.80. The molecule has 1 fully saturated rings. The van der Waals surface area contributed by atoms with Crippen molar-refractivity contribution >= 4 is 0 Å². The van der Waals surface area contributed by atoms with Gasteiger partial charge in [-0.15, -0.1) is 0 Å². The molecule has 0 saturated carbocycles. The zero-order chi connectivity index (χ0) is 8.65. The molecule has 0 aliphatic carbocycles. The molecule has 1 rings (SSSR count). The lowest BCUT2D eigenvalue weighted by Gasteiger charge is -2.09. The average Bonchev–Trinajstić information content (AvgIpc) is 2.57. The summed E-state index contributed by atoms with van der Waals surface area (Å²) in [5.41, 5.74) is 7.97. The van der Waals surface area contributed by atoms with Crippen LogP contribution in [0.1, 0.15) is 12.8 Å². The van der Waals surface area contributed by atoms with Crippen molar-refractivity contribution in [3.05, 3.63) is 10.4 Å². The number of hydrogen-bond donors (Lipinski definition) is 1. The number of nitrogens with one attached hydrogen (secondary N) is 1. The highest BCUT2D eigenvalue weighted by molar-refractivity contribution is 4.73. The number of nitrogens with zero attached hydrogens (tertiary/aromatic N) is 3. The van der Waals surface area contributed by atoms with Gasteiger partial charge >= 0.3 is 0 Å². The highest BCUT2D eigenvalue weighted by Gasteiger charge is 2.12. The van der Waals surface area contributed by atoms with Gasteiger partial charge in [-0.2, -0.15) is 0 Å². The van der Waals surface area contributed by atoms with Gasteiger partial charge in [-0.3, -0.25) is 0 Å². The third-order valence-electron chi connectivity index (χ3n) is 1.88. The fraction of sp³-hybridized carbons (Fsp3) is 1.00. The van der Waals surface area contributed by atoms with Crippen molar-refractivity contribution in [1.82, 2.24) is 5.32 Å². The summed E-state index contributed by atoms with van der Waals surface area (Å²) >= 11 is 0. The molecule has 0 radical (unpaired) electrons. The Morgan fingerprint density at radius 2 is 2.58 bits per heavy atom. The summed E-state index contributed by atoms with van der Waals surface area (Å²) in [6, 6.07) is 0.510. The van der Waals surface area contributed by atoms with Gasteiger partial charge in [0.25, 0.3) is 0 Å². The molecule has 1 N–H and O–H groups in total. The molecule has 0 aromatic heterocycles. The van der Waals surface area contributed by atoms with Crippen LogP contribution in [0.5, 0.6) is 0 Å². The number of hydrogen-bond acceptors (Lipinski definition) is 3. The lowest BCUT2D eigenvalue weighted by molar-refractivity contribution is 0.123. The van der Waals surface area contributed by atoms with E-state index in [9.17, 15) is 0 Å². The monoisotopic (exact) mass is 170 g/mol. The molecule has 0 unspecified atom stereocenters. The Kier molecular flexibility index (Phi) is 4.52. The van der Waals surface area contributed by atoms with Crippen molar-refractivity contribution in [2.45, 2.75) is 18.9 Å². The average molecular weight is 170 g/mol. The van der Waals surface area contributed by atoms with Gasteiger partial charge in [-0.05, 0) is 24.9 Å². The highest BCUT2D eigenvalue weighted by Crippen LogP contribution is 2.04. The quantitative estimate of drug-likeness (QED) is 0.290. The summed E-state index contributed by atoms with van der Waals surface area (Å²) in [5, 5.41) is 6.69. The van der Waals surface area contributed by atoms with Crippen molar-refractivity contribution in [2.24, 2.45) is 5.11 Å². The second kappa shape index (κ2) is 5.83. The van der Waals surface area contributed by atoms with Crippen LogP contribution in [0.15, 0.2) is 5.11 Å². The summed E-state index contributed by atoms with van der Waals surface area (Å²) in [4.78, 5) is 2.63. The lowest BCUT2D eigenvalue weighted by atomic mass is 10.2. The minimum Gasteiger partial charge on any atom is -0.380 e. The summed E-state index contributed by atoms with van der Waals surface area (Å²) in [6.07, 6.45) is 2.44. The maximum atomic E-state index is 7.97. The molecule has 1 atom stereocenters. The van der Waals surface area contributed by atoms with Crippen molar-refractivity contribution in [1.29, 1.82) is 0 Å². The number of rotatable bonds is 5. The summed E-state index contributed by atoms with van der Waals surface area (Å²) < 4.78 is 5.29. The molecule has 1 saturated heterocycles. The van der Waals surface area contributed by atoms with E-state index in [4.69, 9.17) is 10.3 Å². The van der Waals surface area contributed by atoms with Crippen LogP contribution in [0, 0.1) is 0 Å². The topological polar surface area (TPSA) is 70.0 Å². The van der Waals surface area contributed by atoms with Gasteiger partial charge in [0.15, 0.2) is 0 Å². The molecule has 0 bridgehead atoms. The third kappa shape index (κ3) is 3.57. The Morgan fingerprint density at radius 3 is 3.25 bits per heavy atom. The minimum absolute atomic E-state index is 0.434. The summed E-state index contributed by atoms with van der Waals surface area (Å²) in [5.74, 6) is 0. The molecule has 1 heterocycles. The minimum atomic E-state index is 0.434.